The summed E-state index contributed by atoms with van der Waals surface area (Å²) in [6.07, 6.45) is 0.874. The Bertz CT molecular complexity index is 349. The van der Waals surface area contributed by atoms with E-state index in [-0.39, 0.29) is 6.04 Å². The molecule has 0 amide bonds. The third-order valence-corrected chi connectivity index (χ3v) is 2.62. The van der Waals surface area contributed by atoms with Crippen LogP contribution in [0.2, 0.25) is 0 Å². The first-order valence-electron chi connectivity index (χ1n) is 4.80. The molecule has 2 N–H and O–H groups in total. The van der Waals surface area contributed by atoms with Crippen LogP contribution < -0.4 is 15.2 Å². The Morgan fingerprint density at radius 2 is 2.29 bits per heavy atom. The van der Waals surface area contributed by atoms with Crippen LogP contribution in [0.4, 0.5) is 0 Å². The number of benzene rings is 1. The highest BCUT2D eigenvalue weighted by Gasteiger charge is 2.22. The van der Waals surface area contributed by atoms with Crippen molar-refractivity contribution < 1.29 is 9.47 Å². The van der Waals surface area contributed by atoms with Gasteiger partial charge in [-0.15, -0.1) is 0 Å². The standard InChI is InChI=1S/C11H15NO2/c1-7-3-4-8-9(12)5-6-14-11(8)10(7)13-2/h3-4,9H,5-6,12H2,1-2H3. The lowest BCUT2D eigenvalue weighted by Crippen LogP contribution is -2.21. The fourth-order valence-corrected chi connectivity index (χ4v) is 1.81. The maximum absolute atomic E-state index is 5.98. The monoisotopic (exact) mass is 193 g/mol. The minimum atomic E-state index is 0.0771. The van der Waals surface area contributed by atoms with Crippen molar-refractivity contribution in [3.05, 3.63) is 23.3 Å². The van der Waals surface area contributed by atoms with Gasteiger partial charge < -0.3 is 15.2 Å². The minimum absolute atomic E-state index is 0.0771. The molecule has 0 spiro atoms. The maximum atomic E-state index is 5.98. The SMILES string of the molecule is COc1c(C)ccc2c1OCCC2N. The van der Waals surface area contributed by atoms with E-state index in [4.69, 9.17) is 15.2 Å². The summed E-state index contributed by atoms with van der Waals surface area (Å²) in [6.45, 7) is 2.68. The Hall–Kier alpha value is -1.22. The molecule has 1 aromatic rings. The first kappa shape index (κ1) is 9.34. The molecule has 14 heavy (non-hydrogen) atoms. The molecule has 0 saturated carbocycles. The van der Waals surface area contributed by atoms with Crippen LogP contribution in [0.1, 0.15) is 23.6 Å². The number of nitrogens with two attached hydrogens (primary N) is 1. The van der Waals surface area contributed by atoms with Crippen LogP contribution in [0.15, 0.2) is 12.1 Å². The van der Waals surface area contributed by atoms with E-state index in [1.807, 2.05) is 19.1 Å². The van der Waals surface area contributed by atoms with Crippen molar-refractivity contribution in [2.45, 2.75) is 19.4 Å². The zero-order valence-electron chi connectivity index (χ0n) is 8.54. The van der Waals surface area contributed by atoms with Crippen LogP contribution in [-0.4, -0.2) is 13.7 Å². The lowest BCUT2D eigenvalue weighted by molar-refractivity contribution is 0.252. The zero-order valence-corrected chi connectivity index (χ0v) is 8.54. The first-order chi connectivity index (χ1) is 6.74. The Morgan fingerprint density at radius 1 is 1.50 bits per heavy atom. The summed E-state index contributed by atoms with van der Waals surface area (Å²) in [7, 11) is 1.66. The summed E-state index contributed by atoms with van der Waals surface area (Å²) in [4.78, 5) is 0. The molecule has 0 fully saturated rings. The summed E-state index contributed by atoms with van der Waals surface area (Å²) < 4.78 is 10.9. The highest BCUT2D eigenvalue weighted by Crippen LogP contribution is 2.40. The number of ether oxygens (including phenoxy) is 2. The van der Waals surface area contributed by atoms with Gasteiger partial charge in [0.2, 0.25) is 0 Å². The molecule has 2 rings (SSSR count). The van der Waals surface area contributed by atoms with Crippen LogP contribution in [0, 0.1) is 6.92 Å². The molecule has 1 aromatic carbocycles. The Labute approximate surface area is 83.8 Å². The highest BCUT2D eigenvalue weighted by atomic mass is 16.5. The van der Waals surface area contributed by atoms with Crippen molar-refractivity contribution >= 4 is 0 Å². The third-order valence-electron chi connectivity index (χ3n) is 2.62. The second kappa shape index (κ2) is 3.50. The fourth-order valence-electron chi connectivity index (χ4n) is 1.81. The van der Waals surface area contributed by atoms with Gasteiger partial charge in [-0.1, -0.05) is 12.1 Å². The van der Waals surface area contributed by atoms with E-state index in [0.29, 0.717) is 6.61 Å². The quantitative estimate of drug-likeness (QED) is 0.739. The van der Waals surface area contributed by atoms with Gasteiger partial charge in [0.15, 0.2) is 11.5 Å². The molecule has 1 aliphatic heterocycles. The van der Waals surface area contributed by atoms with E-state index in [1.54, 1.807) is 7.11 Å². The van der Waals surface area contributed by atoms with Crippen molar-refractivity contribution in [1.82, 2.24) is 0 Å². The number of hydrogen-bond acceptors (Lipinski definition) is 3. The van der Waals surface area contributed by atoms with Gasteiger partial charge in [-0.05, 0) is 12.5 Å². The summed E-state index contributed by atoms with van der Waals surface area (Å²) in [6, 6.07) is 4.12. The van der Waals surface area contributed by atoms with Crippen LogP contribution in [-0.2, 0) is 0 Å². The van der Waals surface area contributed by atoms with E-state index < -0.39 is 0 Å². The van der Waals surface area contributed by atoms with Gasteiger partial charge in [0, 0.05) is 18.0 Å². The zero-order chi connectivity index (χ0) is 10.1. The van der Waals surface area contributed by atoms with Gasteiger partial charge in [0.25, 0.3) is 0 Å². The molecule has 1 aliphatic rings. The average molecular weight is 193 g/mol. The molecule has 0 bridgehead atoms. The van der Waals surface area contributed by atoms with Gasteiger partial charge >= 0.3 is 0 Å². The second-order valence-electron chi connectivity index (χ2n) is 3.58. The summed E-state index contributed by atoms with van der Waals surface area (Å²) in [5.74, 6) is 1.64. The van der Waals surface area contributed by atoms with Gasteiger partial charge in [0.05, 0.1) is 13.7 Å². The van der Waals surface area contributed by atoms with Crippen LogP contribution >= 0.6 is 0 Å². The Morgan fingerprint density at radius 3 is 3.00 bits per heavy atom. The minimum Gasteiger partial charge on any atom is -0.493 e. The molecule has 0 radical (unpaired) electrons. The summed E-state index contributed by atoms with van der Waals surface area (Å²) in [5.41, 5.74) is 8.12. The number of rotatable bonds is 1. The van der Waals surface area contributed by atoms with Crippen LogP contribution in [0.3, 0.4) is 0 Å². The lowest BCUT2D eigenvalue weighted by atomic mass is 9.99. The molecule has 3 nitrogen and oxygen atoms in total. The van der Waals surface area contributed by atoms with E-state index in [0.717, 1.165) is 29.0 Å². The Balaban J connectivity index is 2.55. The molecule has 1 unspecified atom stereocenters. The van der Waals surface area contributed by atoms with Gasteiger partial charge in [-0.3, -0.25) is 0 Å². The summed E-state index contributed by atoms with van der Waals surface area (Å²) in [5, 5.41) is 0. The molecule has 1 heterocycles. The fraction of sp³-hybridized carbons (Fsp3) is 0.455. The van der Waals surface area contributed by atoms with Crippen LogP contribution in [0.25, 0.3) is 0 Å². The van der Waals surface area contributed by atoms with E-state index in [1.165, 1.54) is 0 Å². The Kier molecular flexibility index (Phi) is 2.33. The van der Waals surface area contributed by atoms with Gasteiger partial charge in [-0.25, -0.2) is 0 Å². The number of methoxy groups -OCH3 is 1. The number of hydrogen-bond donors (Lipinski definition) is 1. The molecule has 3 heteroatoms. The van der Waals surface area contributed by atoms with Gasteiger partial charge in [0.1, 0.15) is 0 Å². The summed E-state index contributed by atoms with van der Waals surface area (Å²) >= 11 is 0. The van der Waals surface area contributed by atoms with Crippen molar-refractivity contribution in [2.75, 3.05) is 13.7 Å². The molecule has 0 saturated heterocycles. The average Bonchev–Trinajstić information content (AvgIpc) is 2.18. The van der Waals surface area contributed by atoms with E-state index in [2.05, 4.69) is 0 Å². The van der Waals surface area contributed by atoms with Crippen LogP contribution in [0.5, 0.6) is 11.5 Å². The predicted octanol–water partition coefficient (Wildman–Crippen LogP) is 1.79. The lowest BCUT2D eigenvalue weighted by Gasteiger charge is -2.25. The maximum Gasteiger partial charge on any atom is 0.166 e. The number of fused-ring (bicyclic) bond motifs is 1. The molecule has 1 atom stereocenters. The van der Waals surface area contributed by atoms with Crippen molar-refractivity contribution in [3.63, 3.8) is 0 Å². The molecular formula is C11H15NO2. The number of aryl methyl sites for hydroxylation is 1. The van der Waals surface area contributed by atoms with Crippen molar-refractivity contribution in [1.29, 1.82) is 0 Å². The molecule has 0 aromatic heterocycles. The second-order valence-corrected chi connectivity index (χ2v) is 3.58. The van der Waals surface area contributed by atoms with E-state index >= 15 is 0 Å². The third kappa shape index (κ3) is 1.34. The normalized spacial score (nSPS) is 19.8. The molecule has 76 valence electrons. The van der Waals surface area contributed by atoms with Gasteiger partial charge in [-0.2, -0.15) is 0 Å². The van der Waals surface area contributed by atoms with Crippen molar-refractivity contribution in [2.24, 2.45) is 5.73 Å². The molecule has 0 aliphatic carbocycles. The van der Waals surface area contributed by atoms with E-state index in [9.17, 15) is 0 Å². The predicted molar refractivity (Wildman–Crippen MR) is 54.8 cm³/mol. The largest absolute Gasteiger partial charge is 0.493 e. The topological polar surface area (TPSA) is 44.5 Å². The van der Waals surface area contributed by atoms with Crippen molar-refractivity contribution in [3.8, 4) is 11.5 Å². The smallest absolute Gasteiger partial charge is 0.166 e. The highest BCUT2D eigenvalue weighted by molar-refractivity contribution is 5.53. The first-order valence-corrected chi connectivity index (χ1v) is 4.80. The molecular weight excluding hydrogens is 178 g/mol.